The summed E-state index contributed by atoms with van der Waals surface area (Å²) in [6, 6.07) is 16.9. The maximum absolute atomic E-state index is 13.4. The number of carboxylic acids is 1. The van der Waals surface area contributed by atoms with Crippen LogP contribution in [0.4, 0.5) is 4.39 Å². The van der Waals surface area contributed by atoms with E-state index >= 15 is 0 Å². The molecule has 0 atom stereocenters. The fourth-order valence-corrected chi connectivity index (χ4v) is 3.45. The van der Waals surface area contributed by atoms with Gasteiger partial charge in [0.05, 0.1) is 6.61 Å². The molecule has 0 aliphatic carbocycles. The predicted molar refractivity (Wildman–Crippen MR) is 103 cm³/mol. The van der Waals surface area contributed by atoms with Gasteiger partial charge >= 0.3 is 5.97 Å². The van der Waals surface area contributed by atoms with E-state index in [1.165, 1.54) is 23.3 Å². The van der Waals surface area contributed by atoms with Crippen LogP contribution in [0, 0.1) is 5.82 Å². The average molecular weight is 369 g/mol. The highest BCUT2D eigenvalue weighted by Crippen LogP contribution is 2.32. The van der Waals surface area contributed by atoms with Crippen molar-refractivity contribution >= 4 is 11.5 Å². The van der Waals surface area contributed by atoms with E-state index in [2.05, 4.69) is 17.0 Å². The Labute approximate surface area is 158 Å². The molecule has 5 heteroatoms. The zero-order chi connectivity index (χ0) is 19.1. The molecule has 1 saturated heterocycles. The molecule has 0 saturated carbocycles. The summed E-state index contributed by atoms with van der Waals surface area (Å²) in [7, 11) is 0. The first-order chi connectivity index (χ1) is 13.1. The smallest absolute Gasteiger partial charge is 0.329 e. The Kier molecular flexibility index (Phi) is 6.74. The third kappa shape index (κ3) is 5.49. The fraction of sp³-hybridized carbons (Fsp3) is 0.318. The van der Waals surface area contributed by atoms with Crippen LogP contribution in [-0.2, 0) is 9.53 Å². The lowest BCUT2D eigenvalue weighted by molar-refractivity contribution is -0.142. The number of piperidine rings is 1. The highest BCUT2D eigenvalue weighted by atomic mass is 19.1. The van der Waals surface area contributed by atoms with Gasteiger partial charge in [-0.25, -0.2) is 9.18 Å². The van der Waals surface area contributed by atoms with Gasteiger partial charge in [0.25, 0.3) is 0 Å². The van der Waals surface area contributed by atoms with Crippen LogP contribution in [0.3, 0.4) is 0 Å². The molecule has 2 aromatic rings. The van der Waals surface area contributed by atoms with Crippen LogP contribution in [-0.4, -0.2) is 48.8 Å². The van der Waals surface area contributed by atoms with Gasteiger partial charge in [-0.15, -0.1) is 0 Å². The van der Waals surface area contributed by atoms with Gasteiger partial charge in [0.15, 0.2) is 0 Å². The van der Waals surface area contributed by atoms with E-state index in [0.29, 0.717) is 6.61 Å². The molecule has 0 radical (unpaired) electrons. The quantitative estimate of drug-likeness (QED) is 0.754. The minimum absolute atomic E-state index is 0.229. The van der Waals surface area contributed by atoms with E-state index in [9.17, 15) is 9.18 Å². The number of hydrogen-bond acceptors (Lipinski definition) is 3. The molecule has 1 heterocycles. The lowest BCUT2D eigenvalue weighted by atomic mass is 9.88. The molecule has 0 amide bonds. The maximum atomic E-state index is 13.4. The number of halogens is 1. The highest BCUT2D eigenvalue weighted by molar-refractivity contribution is 5.82. The summed E-state index contributed by atoms with van der Waals surface area (Å²) in [6.07, 6.45) is 1.86. The van der Waals surface area contributed by atoms with Crippen molar-refractivity contribution in [2.75, 3.05) is 32.8 Å². The molecule has 2 aromatic carbocycles. The average Bonchev–Trinajstić information content (AvgIpc) is 2.69. The standard InChI is InChI=1S/C22H24FNO3/c23-20-8-6-18(7-9-20)22(17-4-2-1-3-5-17)19-10-12-24(13-11-19)14-15-27-16-21(25)26/h1-9H,10-16H2,(H,25,26). The predicted octanol–water partition coefficient (Wildman–Crippen LogP) is 3.82. The molecule has 1 aliphatic rings. The molecule has 1 fully saturated rings. The molecule has 4 nitrogen and oxygen atoms in total. The number of benzene rings is 2. The van der Waals surface area contributed by atoms with Gasteiger partial charge in [-0.3, -0.25) is 0 Å². The van der Waals surface area contributed by atoms with Crippen molar-refractivity contribution in [3.63, 3.8) is 0 Å². The second-order valence-corrected chi connectivity index (χ2v) is 6.64. The van der Waals surface area contributed by atoms with Gasteiger partial charge in [0.2, 0.25) is 0 Å². The number of rotatable bonds is 7. The number of likely N-dealkylation sites (tertiary alicyclic amines) is 1. The van der Waals surface area contributed by atoms with Gasteiger partial charge in [-0.2, -0.15) is 0 Å². The first-order valence-corrected chi connectivity index (χ1v) is 9.19. The van der Waals surface area contributed by atoms with Crippen molar-refractivity contribution in [2.45, 2.75) is 12.8 Å². The summed E-state index contributed by atoms with van der Waals surface area (Å²) >= 11 is 0. The molecule has 0 spiro atoms. The molecule has 1 aliphatic heterocycles. The van der Waals surface area contributed by atoms with Crippen LogP contribution in [0.5, 0.6) is 0 Å². The van der Waals surface area contributed by atoms with Gasteiger partial charge in [-0.1, -0.05) is 48.0 Å². The number of nitrogens with zero attached hydrogens (tertiary/aromatic N) is 1. The molecule has 0 bridgehead atoms. The molecule has 27 heavy (non-hydrogen) atoms. The summed E-state index contributed by atoms with van der Waals surface area (Å²) in [5.74, 6) is -1.17. The first kappa shape index (κ1) is 19.3. The van der Waals surface area contributed by atoms with Crippen molar-refractivity contribution in [3.05, 3.63) is 77.1 Å². The van der Waals surface area contributed by atoms with E-state index in [-0.39, 0.29) is 12.4 Å². The van der Waals surface area contributed by atoms with E-state index < -0.39 is 5.97 Å². The van der Waals surface area contributed by atoms with E-state index in [4.69, 9.17) is 9.84 Å². The third-order valence-electron chi connectivity index (χ3n) is 4.79. The molecule has 3 rings (SSSR count). The van der Waals surface area contributed by atoms with Crippen LogP contribution in [0.2, 0.25) is 0 Å². The second kappa shape index (κ2) is 9.44. The van der Waals surface area contributed by atoms with Crippen molar-refractivity contribution in [1.82, 2.24) is 4.90 Å². The number of aliphatic carboxylic acids is 1. The lowest BCUT2D eigenvalue weighted by Gasteiger charge is -2.30. The number of carboxylic acid groups (broad SMARTS) is 1. The topological polar surface area (TPSA) is 49.8 Å². The van der Waals surface area contributed by atoms with Crippen LogP contribution < -0.4 is 0 Å². The van der Waals surface area contributed by atoms with Gasteiger partial charge in [0, 0.05) is 19.6 Å². The maximum Gasteiger partial charge on any atom is 0.329 e. The van der Waals surface area contributed by atoms with Crippen molar-refractivity contribution in [3.8, 4) is 0 Å². The third-order valence-corrected chi connectivity index (χ3v) is 4.79. The number of hydrogen-bond donors (Lipinski definition) is 1. The van der Waals surface area contributed by atoms with Crippen molar-refractivity contribution in [1.29, 1.82) is 0 Å². The first-order valence-electron chi connectivity index (χ1n) is 9.19. The Morgan fingerprint density at radius 3 is 2.26 bits per heavy atom. The Balaban J connectivity index is 1.72. The van der Waals surface area contributed by atoms with E-state index in [1.807, 2.05) is 30.3 Å². The monoisotopic (exact) mass is 369 g/mol. The zero-order valence-electron chi connectivity index (χ0n) is 15.2. The Hall–Kier alpha value is -2.50. The van der Waals surface area contributed by atoms with Crippen LogP contribution in [0.15, 0.2) is 60.2 Å². The molecule has 142 valence electrons. The molecular formula is C22H24FNO3. The number of carbonyl (C=O) groups is 1. The summed E-state index contributed by atoms with van der Waals surface area (Å²) in [5.41, 5.74) is 4.75. The van der Waals surface area contributed by atoms with Crippen molar-refractivity contribution < 1.29 is 19.0 Å². The fourth-order valence-electron chi connectivity index (χ4n) is 3.45. The Bertz CT molecular complexity index is 777. The minimum atomic E-state index is -0.939. The summed E-state index contributed by atoms with van der Waals surface area (Å²) in [4.78, 5) is 12.8. The molecule has 0 unspecified atom stereocenters. The zero-order valence-corrected chi connectivity index (χ0v) is 15.2. The summed E-state index contributed by atoms with van der Waals surface area (Å²) in [5, 5.41) is 8.61. The molecular weight excluding hydrogens is 345 g/mol. The Morgan fingerprint density at radius 2 is 1.63 bits per heavy atom. The van der Waals surface area contributed by atoms with Crippen LogP contribution >= 0.6 is 0 Å². The second-order valence-electron chi connectivity index (χ2n) is 6.64. The summed E-state index contributed by atoms with van der Waals surface area (Å²) < 4.78 is 18.5. The highest BCUT2D eigenvalue weighted by Gasteiger charge is 2.19. The summed E-state index contributed by atoms with van der Waals surface area (Å²) in [6.45, 7) is 2.72. The van der Waals surface area contributed by atoms with Gasteiger partial charge in [-0.05, 0) is 41.7 Å². The lowest BCUT2D eigenvalue weighted by Crippen LogP contribution is -2.34. The van der Waals surface area contributed by atoms with E-state index in [1.54, 1.807) is 0 Å². The minimum Gasteiger partial charge on any atom is -0.480 e. The van der Waals surface area contributed by atoms with Gasteiger partial charge < -0.3 is 14.7 Å². The van der Waals surface area contributed by atoms with Crippen LogP contribution in [0.1, 0.15) is 24.0 Å². The van der Waals surface area contributed by atoms with Crippen molar-refractivity contribution in [2.24, 2.45) is 0 Å². The largest absolute Gasteiger partial charge is 0.480 e. The Morgan fingerprint density at radius 1 is 1.00 bits per heavy atom. The van der Waals surface area contributed by atoms with Gasteiger partial charge in [0.1, 0.15) is 12.4 Å². The molecule has 0 aromatic heterocycles. The molecule has 1 N–H and O–H groups in total. The van der Waals surface area contributed by atoms with E-state index in [0.717, 1.165) is 43.6 Å². The number of ether oxygens (including phenoxy) is 1. The SMILES string of the molecule is O=C(O)COCCN1CCC(=C(c2ccccc2)c2ccc(F)cc2)CC1. The van der Waals surface area contributed by atoms with Crippen LogP contribution in [0.25, 0.3) is 5.57 Å². The normalized spacial score (nSPS) is 14.9.